The minimum absolute atomic E-state index is 0.479. The summed E-state index contributed by atoms with van der Waals surface area (Å²) in [6.07, 6.45) is 0. The molecular weight excluding hydrogens is 797 g/mol. The summed E-state index contributed by atoms with van der Waals surface area (Å²) < 4.78 is 0. The van der Waals surface area contributed by atoms with Gasteiger partial charge in [-0.3, -0.25) is 0 Å². The molecule has 0 amide bonds. The van der Waals surface area contributed by atoms with Gasteiger partial charge in [0.15, 0.2) is 17.5 Å². The van der Waals surface area contributed by atoms with E-state index in [1.54, 1.807) is 0 Å². The van der Waals surface area contributed by atoms with E-state index in [4.69, 9.17) is 19.9 Å². The van der Waals surface area contributed by atoms with Crippen LogP contribution in [0.5, 0.6) is 0 Å². The van der Waals surface area contributed by atoms with Crippen LogP contribution in [0.1, 0.15) is 22.3 Å². The van der Waals surface area contributed by atoms with E-state index in [1.165, 1.54) is 53.9 Å². The molecule has 11 aromatic rings. The van der Waals surface area contributed by atoms with Crippen molar-refractivity contribution >= 4 is 33.4 Å². The number of hydrogen-bond donors (Lipinski definition) is 0. The molecule has 0 fully saturated rings. The van der Waals surface area contributed by atoms with Gasteiger partial charge in [-0.15, -0.1) is 0 Å². The molecule has 4 nitrogen and oxygen atoms in total. The lowest BCUT2D eigenvalue weighted by Crippen LogP contribution is -2.32. The summed E-state index contributed by atoms with van der Waals surface area (Å²) in [5.74, 6) is 1.93. The van der Waals surface area contributed by atoms with Crippen LogP contribution in [0, 0.1) is 0 Å². The third-order valence-electron chi connectivity index (χ3n) is 13.0. The summed E-state index contributed by atoms with van der Waals surface area (Å²) in [7, 11) is 0. The van der Waals surface area contributed by atoms with Gasteiger partial charge in [0.2, 0.25) is 0 Å². The van der Waals surface area contributed by atoms with Gasteiger partial charge in [0.1, 0.15) is 0 Å². The molecule has 3 heterocycles. The number of rotatable bonds is 5. The van der Waals surface area contributed by atoms with Crippen molar-refractivity contribution in [2.75, 3.05) is 0 Å². The first-order valence-corrected chi connectivity index (χ1v) is 22.4. The number of benzene rings is 9. The van der Waals surface area contributed by atoms with Gasteiger partial charge >= 0.3 is 0 Å². The van der Waals surface area contributed by atoms with Crippen LogP contribution in [-0.2, 0) is 5.41 Å². The highest BCUT2D eigenvalue weighted by molar-refractivity contribution is 7.99. The second kappa shape index (κ2) is 14.6. The predicted molar refractivity (Wildman–Crippen MR) is 261 cm³/mol. The Balaban J connectivity index is 0.994. The lowest BCUT2D eigenvalue weighted by Gasteiger charge is -2.40. The van der Waals surface area contributed by atoms with Crippen molar-refractivity contribution in [2.45, 2.75) is 15.2 Å². The molecule has 9 aromatic carbocycles. The summed E-state index contributed by atoms with van der Waals surface area (Å²) in [4.78, 5) is 22.9. The van der Waals surface area contributed by atoms with Crippen LogP contribution in [0.3, 0.4) is 0 Å². The molecule has 298 valence electrons. The van der Waals surface area contributed by atoms with Crippen LogP contribution in [0.2, 0.25) is 0 Å². The molecule has 0 atom stereocenters. The fourth-order valence-corrected chi connectivity index (χ4v) is 11.5. The molecule has 1 aliphatic carbocycles. The Labute approximate surface area is 375 Å². The Morgan fingerprint density at radius 2 is 0.812 bits per heavy atom. The van der Waals surface area contributed by atoms with Gasteiger partial charge in [-0.1, -0.05) is 212 Å². The van der Waals surface area contributed by atoms with Crippen molar-refractivity contribution < 1.29 is 0 Å². The van der Waals surface area contributed by atoms with Gasteiger partial charge in [0, 0.05) is 42.8 Å². The Bertz CT molecular complexity index is 3520. The van der Waals surface area contributed by atoms with E-state index in [0.717, 1.165) is 50.0 Å². The standard InChI is InChI=1S/C59H36N4S/c1-4-16-38(17-5-1)54-53-45(33-34-50-55(53)64-52-27-15-14-26-49(52)59(50)47-24-12-10-22-43(47)44-23-11-13-25-48(44)59)46-36-42(32-35-51(46)60-54)37-28-30-41(31-29-37)58-62-56(39-18-6-2-7-19-39)61-57(63-58)40-20-8-3-9-21-40/h1-36H. The van der Waals surface area contributed by atoms with Crippen molar-refractivity contribution in [1.82, 2.24) is 19.9 Å². The van der Waals surface area contributed by atoms with Crippen molar-refractivity contribution in [3.8, 4) is 67.7 Å². The minimum Gasteiger partial charge on any atom is -0.247 e. The van der Waals surface area contributed by atoms with E-state index in [9.17, 15) is 0 Å². The Morgan fingerprint density at radius 1 is 0.328 bits per heavy atom. The van der Waals surface area contributed by atoms with Crippen molar-refractivity contribution in [1.29, 1.82) is 0 Å². The van der Waals surface area contributed by atoms with E-state index in [1.807, 2.05) is 72.4 Å². The van der Waals surface area contributed by atoms with E-state index in [-0.39, 0.29) is 0 Å². The summed E-state index contributed by atoms with van der Waals surface area (Å²) >= 11 is 1.88. The average Bonchev–Trinajstić information content (AvgIpc) is 3.67. The number of aromatic nitrogens is 4. The van der Waals surface area contributed by atoms with Crippen LogP contribution in [-0.4, -0.2) is 19.9 Å². The molecule has 64 heavy (non-hydrogen) atoms. The quantitative estimate of drug-likeness (QED) is 0.162. The SMILES string of the molecule is c1ccc(-c2nc(-c3ccccc3)nc(-c3ccc(-c4ccc5nc(-c6ccccc6)c6c7c(ccc6c5c4)C4(c5ccccc5S7)c5ccccc5-c5ccccc54)cc3)n2)cc1. The Kier molecular flexibility index (Phi) is 8.33. The molecule has 1 aliphatic heterocycles. The third kappa shape index (κ3) is 5.57. The van der Waals surface area contributed by atoms with E-state index >= 15 is 0 Å². The van der Waals surface area contributed by atoms with E-state index < -0.39 is 5.41 Å². The van der Waals surface area contributed by atoms with Gasteiger partial charge < -0.3 is 0 Å². The second-order valence-electron chi connectivity index (χ2n) is 16.5. The summed E-state index contributed by atoms with van der Waals surface area (Å²) in [5, 5.41) is 3.50. The highest BCUT2D eigenvalue weighted by atomic mass is 32.2. The van der Waals surface area contributed by atoms with Crippen LogP contribution >= 0.6 is 11.8 Å². The summed E-state index contributed by atoms with van der Waals surface area (Å²) in [6.45, 7) is 0. The summed E-state index contributed by atoms with van der Waals surface area (Å²) in [6, 6.07) is 78.0. The molecule has 13 rings (SSSR count). The van der Waals surface area contributed by atoms with Crippen molar-refractivity contribution in [3.63, 3.8) is 0 Å². The maximum atomic E-state index is 5.56. The Hall–Kier alpha value is -7.99. The average molecular weight is 833 g/mol. The van der Waals surface area contributed by atoms with Crippen LogP contribution in [0.15, 0.2) is 228 Å². The first kappa shape index (κ1) is 36.6. The first-order chi connectivity index (χ1) is 31.7. The molecule has 0 N–H and O–H groups in total. The third-order valence-corrected chi connectivity index (χ3v) is 14.2. The number of nitrogens with zero attached hydrogens (tertiary/aromatic N) is 4. The zero-order valence-corrected chi connectivity index (χ0v) is 35.3. The predicted octanol–water partition coefficient (Wildman–Crippen LogP) is 14.7. The molecular formula is C59H36N4S. The highest BCUT2D eigenvalue weighted by Gasteiger charge is 2.50. The monoisotopic (exact) mass is 832 g/mol. The molecule has 5 heteroatoms. The molecule has 0 unspecified atom stereocenters. The van der Waals surface area contributed by atoms with Gasteiger partial charge in [-0.2, -0.15) is 0 Å². The molecule has 0 radical (unpaired) electrons. The van der Waals surface area contributed by atoms with Gasteiger partial charge in [0.05, 0.1) is 16.6 Å². The lowest BCUT2D eigenvalue weighted by atomic mass is 9.67. The van der Waals surface area contributed by atoms with Crippen molar-refractivity contribution in [3.05, 3.63) is 241 Å². The number of pyridine rings is 1. The van der Waals surface area contributed by atoms with Crippen LogP contribution < -0.4 is 0 Å². The van der Waals surface area contributed by atoms with Crippen LogP contribution in [0.4, 0.5) is 0 Å². The molecule has 0 saturated carbocycles. The Morgan fingerprint density at radius 3 is 1.42 bits per heavy atom. The van der Waals surface area contributed by atoms with Gasteiger partial charge in [0.25, 0.3) is 0 Å². The lowest BCUT2D eigenvalue weighted by molar-refractivity contribution is 0.726. The molecule has 2 aliphatic rings. The first-order valence-electron chi connectivity index (χ1n) is 21.6. The minimum atomic E-state index is -0.479. The topological polar surface area (TPSA) is 51.6 Å². The summed E-state index contributed by atoms with van der Waals surface area (Å²) in [5.41, 5.74) is 15.5. The molecule has 0 saturated heterocycles. The maximum Gasteiger partial charge on any atom is 0.164 e. The van der Waals surface area contributed by atoms with Crippen molar-refractivity contribution in [2.24, 2.45) is 0 Å². The molecule has 2 aromatic heterocycles. The smallest absolute Gasteiger partial charge is 0.164 e. The highest BCUT2D eigenvalue weighted by Crippen LogP contribution is 2.63. The molecule has 0 bridgehead atoms. The fourth-order valence-electron chi connectivity index (χ4n) is 10.1. The maximum absolute atomic E-state index is 5.56. The normalized spacial score (nSPS) is 13.1. The van der Waals surface area contributed by atoms with Gasteiger partial charge in [-0.05, 0) is 68.1 Å². The van der Waals surface area contributed by atoms with Gasteiger partial charge in [-0.25, -0.2) is 19.9 Å². The number of fused-ring (bicyclic) bond motifs is 13. The second-order valence-corrected chi connectivity index (χ2v) is 17.5. The zero-order valence-electron chi connectivity index (χ0n) is 34.5. The largest absolute Gasteiger partial charge is 0.247 e. The fraction of sp³-hybridized carbons (Fsp3) is 0.0169. The zero-order chi connectivity index (χ0) is 42.2. The van der Waals surface area contributed by atoms with Crippen LogP contribution in [0.25, 0.3) is 89.4 Å². The number of hydrogen-bond acceptors (Lipinski definition) is 5. The van der Waals surface area contributed by atoms with E-state index in [0.29, 0.717) is 17.5 Å². The van der Waals surface area contributed by atoms with E-state index in [2.05, 4.69) is 158 Å². The molecule has 1 spiro atoms.